The molecule has 1 aliphatic heterocycles. The van der Waals surface area contributed by atoms with Gasteiger partial charge in [-0.3, -0.25) is 0 Å². The lowest BCUT2D eigenvalue weighted by Crippen LogP contribution is -2.67. The van der Waals surface area contributed by atoms with E-state index in [4.69, 9.17) is 28.6 Å². The lowest BCUT2D eigenvalue weighted by atomic mass is 9.68. The van der Waals surface area contributed by atoms with E-state index >= 15 is 0 Å². The summed E-state index contributed by atoms with van der Waals surface area (Å²) in [6, 6.07) is -0.992. The number of aliphatic hydroxyl groups is 4. The van der Waals surface area contributed by atoms with Gasteiger partial charge in [-0.1, -0.05) is 6.82 Å². The van der Waals surface area contributed by atoms with E-state index in [2.05, 4.69) is 5.23 Å². The Balaban J connectivity index is 2.58. The second-order valence-electron chi connectivity index (χ2n) is 8.82. The zero-order chi connectivity index (χ0) is 25.2. The van der Waals surface area contributed by atoms with E-state index in [1.165, 1.54) is 0 Å². The minimum absolute atomic E-state index is 0.0417. The highest BCUT2D eigenvalue weighted by Crippen LogP contribution is 2.32. The van der Waals surface area contributed by atoms with E-state index in [1.54, 1.807) is 7.11 Å². The van der Waals surface area contributed by atoms with Gasteiger partial charge in [0, 0.05) is 33.9 Å². The van der Waals surface area contributed by atoms with E-state index in [0.717, 1.165) is 13.5 Å². The summed E-state index contributed by atoms with van der Waals surface area (Å²) in [7, 11) is 2.71. The number of aliphatic hydroxyl groups excluding tert-OH is 4. The van der Waals surface area contributed by atoms with Crippen molar-refractivity contribution in [2.75, 3.05) is 34.0 Å². The predicted octanol–water partition coefficient (Wildman–Crippen LogP) is -2.03. The zero-order valence-corrected chi connectivity index (χ0v) is 20.1. The summed E-state index contributed by atoms with van der Waals surface area (Å²) in [6.45, 7) is 5.94. The minimum atomic E-state index is -2.20. The molecule has 1 saturated heterocycles. The van der Waals surface area contributed by atoms with Crippen molar-refractivity contribution in [2.24, 2.45) is 0 Å². The number of carboxylic acids is 1. The SMILES string of the molecule is COC(C)(C)CCOB(C)CCOBNC1C([C@H](O)[C@H](O)CO)O[C@@](OC)(C(=O)O)C[C@H]1O. The second kappa shape index (κ2) is 13.9. The molecule has 6 atom stereocenters. The van der Waals surface area contributed by atoms with Gasteiger partial charge in [0.15, 0.2) is 0 Å². The minimum Gasteiger partial charge on any atom is -0.477 e. The van der Waals surface area contributed by atoms with Crippen LogP contribution in [0.5, 0.6) is 0 Å². The van der Waals surface area contributed by atoms with Crippen LogP contribution in [0.3, 0.4) is 0 Å². The molecular weight excluding hydrogens is 440 g/mol. The molecule has 1 rings (SSSR count). The Labute approximate surface area is 195 Å². The second-order valence-corrected chi connectivity index (χ2v) is 8.82. The van der Waals surface area contributed by atoms with Crippen LogP contribution in [0.2, 0.25) is 13.1 Å². The van der Waals surface area contributed by atoms with Gasteiger partial charge in [-0.2, -0.15) is 0 Å². The standard InChI is InChI=1S/C19H39B2NO11/c1-18(2,29-4)6-8-32-21(3)7-9-31-20-22-14-12(24)10-19(30-5,17(27)28)33-16(14)15(26)13(25)11-23/h12-16,20,22-26H,6-11H2,1-5H3,(H,27,28)/t12-,13-,14?,15-,16?,19-/m1/s1. The number of hydrogen-bond acceptors (Lipinski definition) is 11. The lowest BCUT2D eigenvalue weighted by molar-refractivity contribution is -0.303. The fourth-order valence-corrected chi connectivity index (χ4v) is 3.35. The highest BCUT2D eigenvalue weighted by Gasteiger charge is 2.54. The van der Waals surface area contributed by atoms with E-state index in [0.29, 0.717) is 19.5 Å². The van der Waals surface area contributed by atoms with Gasteiger partial charge in [-0.05, 0) is 26.6 Å². The van der Waals surface area contributed by atoms with Crippen LogP contribution >= 0.6 is 0 Å². The van der Waals surface area contributed by atoms with Crippen LogP contribution in [0.4, 0.5) is 0 Å². The molecule has 1 heterocycles. The van der Waals surface area contributed by atoms with E-state index in [-0.39, 0.29) is 20.1 Å². The van der Waals surface area contributed by atoms with Gasteiger partial charge in [-0.25, -0.2) is 4.79 Å². The molecule has 0 bridgehead atoms. The molecule has 0 radical (unpaired) electrons. The molecule has 0 spiro atoms. The molecule has 192 valence electrons. The fraction of sp³-hybridized carbons (Fsp3) is 0.947. The van der Waals surface area contributed by atoms with E-state index in [9.17, 15) is 25.2 Å². The Kier molecular flexibility index (Phi) is 12.8. The molecule has 1 fully saturated rings. The Morgan fingerprint density at radius 1 is 1.33 bits per heavy atom. The van der Waals surface area contributed by atoms with Gasteiger partial charge in [0.05, 0.1) is 24.4 Å². The molecule has 0 aromatic heterocycles. The average molecular weight is 479 g/mol. The molecule has 1 aliphatic rings. The van der Waals surface area contributed by atoms with E-state index in [1.807, 2.05) is 20.7 Å². The summed E-state index contributed by atoms with van der Waals surface area (Å²) in [6.07, 6.45) is -5.08. The van der Waals surface area contributed by atoms with Crippen LogP contribution in [0.25, 0.3) is 0 Å². The summed E-state index contributed by atoms with van der Waals surface area (Å²) < 4.78 is 27.1. The number of aliphatic carboxylic acids is 1. The third kappa shape index (κ3) is 9.06. The molecule has 14 heteroatoms. The van der Waals surface area contributed by atoms with Crippen LogP contribution in [0.1, 0.15) is 26.7 Å². The maximum atomic E-state index is 11.7. The molecular formula is C19H39B2NO11. The van der Waals surface area contributed by atoms with Gasteiger partial charge in [-0.15, -0.1) is 0 Å². The van der Waals surface area contributed by atoms with Crippen molar-refractivity contribution < 1.29 is 53.8 Å². The van der Waals surface area contributed by atoms with Crippen LogP contribution in [-0.2, 0) is 28.3 Å². The Morgan fingerprint density at radius 3 is 2.55 bits per heavy atom. The fourth-order valence-electron chi connectivity index (χ4n) is 3.35. The van der Waals surface area contributed by atoms with Crippen LogP contribution < -0.4 is 5.23 Å². The monoisotopic (exact) mass is 479 g/mol. The normalized spacial score (nSPS) is 27.7. The molecule has 0 aromatic rings. The molecule has 2 unspecified atom stereocenters. The Morgan fingerprint density at radius 2 is 2.00 bits per heavy atom. The number of carboxylic acid groups (broad SMARTS) is 1. The molecule has 33 heavy (non-hydrogen) atoms. The molecule has 0 aliphatic carbocycles. The molecule has 0 amide bonds. The first-order chi connectivity index (χ1) is 15.4. The van der Waals surface area contributed by atoms with Crippen molar-refractivity contribution in [3.8, 4) is 0 Å². The molecule has 12 nitrogen and oxygen atoms in total. The summed E-state index contributed by atoms with van der Waals surface area (Å²) >= 11 is 0. The lowest BCUT2D eigenvalue weighted by Gasteiger charge is -2.46. The topological polar surface area (TPSA) is 176 Å². The third-order valence-electron chi connectivity index (χ3n) is 5.90. The summed E-state index contributed by atoms with van der Waals surface area (Å²) in [5.41, 5.74) is -0.255. The first-order valence-electron chi connectivity index (χ1n) is 11.0. The summed E-state index contributed by atoms with van der Waals surface area (Å²) in [5, 5.41) is 52.3. The maximum Gasteiger partial charge on any atom is 0.364 e. The first-order valence-corrected chi connectivity index (χ1v) is 11.0. The number of ether oxygens (including phenoxy) is 3. The molecule has 0 saturated carbocycles. The largest absolute Gasteiger partial charge is 0.477 e. The highest BCUT2D eigenvalue weighted by molar-refractivity contribution is 6.50. The van der Waals surface area contributed by atoms with Crippen molar-refractivity contribution in [3.63, 3.8) is 0 Å². The van der Waals surface area contributed by atoms with Gasteiger partial charge in [0.25, 0.3) is 12.7 Å². The van der Waals surface area contributed by atoms with Crippen molar-refractivity contribution >= 4 is 20.5 Å². The molecule has 6 N–H and O–H groups in total. The zero-order valence-electron chi connectivity index (χ0n) is 20.1. The Hall–Kier alpha value is -0.800. The number of methoxy groups -OCH3 is 2. The van der Waals surface area contributed by atoms with Gasteiger partial charge in [0.2, 0.25) is 0 Å². The predicted molar refractivity (Wildman–Crippen MR) is 120 cm³/mol. The number of nitrogens with one attached hydrogen (secondary N) is 1. The molecule has 0 aromatic carbocycles. The summed E-state index contributed by atoms with van der Waals surface area (Å²) in [4.78, 5) is 11.7. The highest BCUT2D eigenvalue weighted by atomic mass is 16.7. The van der Waals surface area contributed by atoms with Crippen LogP contribution in [0.15, 0.2) is 0 Å². The number of hydrogen-bond donors (Lipinski definition) is 6. The van der Waals surface area contributed by atoms with Crippen LogP contribution in [0, 0.1) is 0 Å². The average Bonchev–Trinajstić information content (AvgIpc) is 2.77. The quantitative estimate of drug-likeness (QED) is 0.106. The number of carbonyl (C=O) groups is 1. The maximum absolute atomic E-state index is 11.7. The van der Waals surface area contributed by atoms with Gasteiger partial charge >= 0.3 is 13.6 Å². The van der Waals surface area contributed by atoms with Crippen molar-refractivity contribution in [1.29, 1.82) is 0 Å². The first kappa shape index (κ1) is 30.2. The third-order valence-corrected chi connectivity index (χ3v) is 5.90. The summed E-state index contributed by atoms with van der Waals surface area (Å²) in [5.74, 6) is -3.69. The van der Waals surface area contributed by atoms with E-state index < -0.39 is 55.2 Å². The van der Waals surface area contributed by atoms with Crippen molar-refractivity contribution in [1.82, 2.24) is 5.23 Å². The van der Waals surface area contributed by atoms with Crippen molar-refractivity contribution in [3.05, 3.63) is 0 Å². The van der Waals surface area contributed by atoms with Gasteiger partial charge in [0.1, 0.15) is 18.3 Å². The smallest absolute Gasteiger partial charge is 0.364 e. The van der Waals surface area contributed by atoms with Crippen molar-refractivity contribution in [2.45, 2.75) is 81.7 Å². The Bertz CT molecular complexity index is 588. The number of rotatable bonds is 16. The van der Waals surface area contributed by atoms with Crippen LogP contribution in [-0.4, -0.2) is 122 Å². The van der Waals surface area contributed by atoms with Gasteiger partial charge < -0.3 is 54.3 Å².